The molecule has 0 aliphatic carbocycles. The molecule has 4 rings (SSSR count). The molecule has 3 aromatic rings. The van der Waals surface area contributed by atoms with Crippen molar-refractivity contribution in [2.45, 2.75) is 18.9 Å². The average Bonchev–Trinajstić information content (AvgIpc) is 3.19. The summed E-state index contributed by atoms with van der Waals surface area (Å²) < 4.78 is 4.50. The molecule has 114 valence electrons. The summed E-state index contributed by atoms with van der Waals surface area (Å²) >= 11 is 3.53. The molecule has 1 unspecified atom stereocenters. The van der Waals surface area contributed by atoms with Crippen molar-refractivity contribution in [1.82, 2.24) is 34.5 Å². The van der Waals surface area contributed by atoms with E-state index in [4.69, 9.17) is 0 Å². The highest BCUT2D eigenvalue weighted by atomic mass is 79.9. The minimum Gasteiger partial charge on any atom is -0.346 e. The van der Waals surface area contributed by atoms with E-state index in [1.165, 1.54) is 0 Å². The molecule has 1 aliphatic rings. The lowest BCUT2D eigenvalue weighted by Crippen LogP contribution is -2.26. The van der Waals surface area contributed by atoms with Gasteiger partial charge in [0.1, 0.15) is 23.1 Å². The standard InChI is InChI=1S/C13H15BrN8/c1-20-7-17-18-11(20)8-4-3-5-22(8)13-9-10(14)19-21(2)12(9)15-6-16-13/h6-8H,3-5H2,1-2H3. The maximum atomic E-state index is 4.53. The zero-order chi connectivity index (χ0) is 15.3. The summed E-state index contributed by atoms with van der Waals surface area (Å²) in [4.78, 5) is 11.1. The highest BCUT2D eigenvalue weighted by Crippen LogP contribution is 2.38. The Labute approximate surface area is 135 Å². The summed E-state index contributed by atoms with van der Waals surface area (Å²) in [7, 11) is 3.86. The van der Waals surface area contributed by atoms with E-state index in [9.17, 15) is 0 Å². The van der Waals surface area contributed by atoms with Crippen LogP contribution in [-0.2, 0) is 14.1 Å². The minimum atomic E-state index is 0.178. The Morgan fingerprint density at radius 3 is 2.91 bits per heavy atom. The first kappa shape index (κ1) is 13.6. The van der Waals surface area contributed by atoms with Gasteiger partial charge in [-0.3, -0.25) is 0 Å². The molecular weight excluding hydrogens is 348 g/mol. The van der Waals surface area contributed by atoms with Gasteiger partial charge in [-0.1, -0.05) is 0 Å². The summed E-state index contributed by atoms with van der Waals surface area (Å²) in [5.74, 6) is 1.86. The molecule has 4 heterocycles. The van der Waals surface area contributed by atoms with E-state index in [0.717, 1.165) is 46.7 Å². The molecule has 1 atom stereocenters. The molecule has 0 saturated carbocycles. The molecule has 0 spiro atoms. The number of hydrogen-bond acceptors (Lipinski definition) is 6. The van der Waals surface area contributed by atoms with Crippen LogP contribution >= 0.6 is 15.9 Å². The molecule has 0 radical (unpaired) electrons. The van der Waals surface area contributed by atoms with Crippen molar-refractivity contribution >= 4 is 32.8 Å². The lowest BCUT2D eigenvalue weighted by atomic mass is 10.2. The molecule has 1 aliphatic heterocycles. The van der Waals surface area contributed by atoms with Crippen LogP contribution in [-0.4, -0.2) is 41.1 Å². The minimum absolute atomic E-state index is 0.178. The van der Waals surface area contributed by atoms with E-state index in [1.807, 2.05) is 18.7 Å². The van der Waals surface area contributed by atoms with E-state index < -0.39 is 0 Å². The van der Waals surface area contributed by atoms with Crippen molar-refractivity contribution in [3.05, 3.63) is 23.1 Å². The van der Waals surface area contributed by atoms with Gasteiger partial charge in [0.2, 0.25) is 0 Å². The van der Waals surface area contributed by atoms with Gasteiger partial charge in [-0.25, -0.2) is 14.6 Å². The molecular formula is C13H15BrN8. The number of fused-ring (bicyclic) bond motifs is 1. The Bertz CT molecular complexity index is 838. The van der Waals surface area contributed by atoms with E-state index in [-0.39, 0.29) is 6.04 Å². The second-order valence-electron chi connectivity index (χ2n) is 5.46. The van der Waals surface area contributed by atoms with Gasteiger partial charge in [0.15, 0.2) is 11.5 Å². The Kier molecular flexibility index (Phi) is 3.10. The third kappa shape index (κ3) is 1.92. The number of halogens is 1. The Morgan fingerprint density at radius 2 is 2.14 bits per heavy atom. The van der Waals surface area contributed by atoms with Gasteiger partial charge in [0, 0.05) is 20.6 Å². The third-order valence-electron chi connectivity index (χ3n) is 4.13. The molecule has 3 aromatic heterocycles. The first-order valence-corrected chi connectivity index (χ1v) is 7.90. The predicted octanol–water partition coefficient (Wildman–Crippen LogP) is 1.60. The van der Waals surface area contributed by atoms with E-state index >= 15 is 0 Å². The maximum absolute atomic E-state index is 4.53. The molecule has 0 amide bonds. The van der Waals surface area contributed by atoms with E-state index in [0.29, 0.717) is 0 Å². The third-order valence-corrected chi connectivity index (χ3v) is 4.68. The van der Waals surface area contributed by atoms with Gasteiger partial charge in [-0.2, -0.15) is 5.10 Å². The summed E-state index contributed by atoms with van der Waals surface area (Å²) in [6, 6.07) is 0.178. The Balaban J connectivity index is 1.86. The van der Waals surface area contributed by atoms with Gasteiger partial charge in [0.25, 0.3) is 0 Å². The second kappa shape index (κ2) is 5.01. The molecule has 0 bridgehead atoms. The van der Waals surface area contributed by atoms with Crippen molar-refractivity contribution in [1.29, 1.82) is 0 Å². The van der Waals surface area contributed by atoms with Crippen molar-refractivity contribution in [2.24, 2.45) is 14.1 Å². The zero-order valence-corrected chi connectivity index (χ0v) is 13.9. The average molecular weight is 363 g/mol. The highest BCUT2D eigenvalue weighted by Gasteiger charge is 2.32. The van der Waals surface area contributed by atoms with Crippen LogP contribution in [0.25, 0.3) is 11.0 Å². The number of aromatic nitrogens is 7. The van der Waals surface area contributed by atoms with Crippen LogP contribution < -0.4 is 4.90 Å². The molecule has 1 fully saturated rings. The smallest absolute Gasteiger partial charge is 0.164 e. The fourth-order valence-corrected chi connectivity index (χ4v) is 3.72. The summed E-state index contributed by atoms with van der Waals surface area (Å²) in [6.07, 6.45) is 5.47. The maximum Gasteiger partial charge on any atom is 0.164 e. The first-order valence-electron chi connectivity index (χ1n) is 7.10. The van der Waals surface area contributed by atoms with Gasteiger partial charge >= 0.3 is 0 Å². The normalized spacial score (nSPS) is 18.5. The summed E-state index contributed by atoms with van der Waals surface area (Å²) in [5, 5.41) is 13.6. The van der Waals surface area contributed by atoms with E-state index in [2.05, 4.69) is 46.1 Å². The number of hydrogen-bond donors (Lipinski definition) is 0. The molecule has 0 aromatic carbocycles. The summed E-state index contributed by atoms with van der Waals surface area (Å²) in [5.41, 5.74) is 0.820. The molecule has 22 heavy (non-hydrogen) atoms. The zero-order valence-electron chi connectivity index (χ0n) is 12.3. The summed E-state index contributed by atoms with van der Waals surface area (Å²) in [6.45, 7) is 0.935. The second-order valence-corrected chi connectivity index (χ2v) is 6.21. The van der Waals surface area contributed by atoms with Crippen molar-refractivity contribution in [3.8, 4) is 0 Å². The quantitative estimate of drug-likeness (QED) is 0.688. The Hall–Kier alpha value is -2.03. The van der Waals surface area contributed by atoms with Gasteiger partial charge in [0.05, 0.1) is 11.4 Å². The monoisotopic (exact) mass is 362 g/mol. The van der Waals surface area contributed by atoms with Crippen LogP contribution in [0, 0.1) is 0 Å². The first-order chi connectivity index (χ1) is 10.7. The molecule has 0 N–H and O–H groups in total. The van der Waals surface area contributed by atoms with Crippen LogP contribution in [0.1, 0.15) is 24.7 Å². The largest absolute Gasteiger partial charge is 0.346 e. The topological polar surface area (TPSA) is 77.6 Å². The predicted molar refractivity (Wildman–Crippen MR) is 84.3 cm³/mol. The van der Waals surface area contributed by atoms with Crippen molar-refractivity contribution in [2.75, 3.05) is 11.4 Å². The molecule has 1 saturated heterocycles. The fourth-order valence-electron chi connectivity index (χ4n) is 3.13. The highest BCUT2D eigenvalue weighted by molar-refractivity contribution is 9.10. The number of anilines is 1. The van der Waals surface area contributed by atoms with Crippen LogP contribution in [0.2, 0.25) is 0 Å². The van der Waals surface area contributed by atoms with Crippen LogP contribution in [0.4, 0.5) is 5.82 Å². The SMILES string of the molecule is Cn1cnnc1C1CCCN1c1ncnc2c1c(Br)nn2C. The molecule has 8 nitrogen and oxygen atoms in total. The van der Waals surface area contributed by atoms with E-state index in [1.54, 1.807) is 17.3 Å². The lowest BCUT2D eigenvalue weighted by molar-refractivity contribution is 0.626. The van der Waals surface area contributed by atoms with Crippen molar-refractivity contribution < 1.29 is 0 Å². The number of rotatable bonds is 2. The van der Waals surface area contributed by atoms with Crippen LogP contribution in [0.15, 0.2) is 17.3 Å². The van der Waals surface area contributed by atoms with Crippen molar-refractivity contribution in [3.63, 3.8) is 0 Å². The van der Waals surface area contributed by atoms with Gasteiger partial charge in [-0.15, -0.1) is 10.2 Å². The lowest BCUT2D eigenvalue weighted by Gasteiger charge is -2.25. The molecule has 9 heteroatoms. The number of nitrogens with zero attached hydrogens (tertiary/aromatic N) is 8. The number of aryl methyl sites for hydroxylation is 2. The van der Waals surface area contributed by atoms with Crippen LogP contribution in [0.5, 0.6) is 0 Å². The van der Waals surface area contributed by atoms with Crippen LogP contribution in [0.3, 0.4) is 0 Å². The van der Waals surface area contributed by atoms with Gasteiger partial charge in [-0.05, 0) is 28.8 Å². The van der Waals surface area contributed by atoms with Gasteiger partial charge < -0.3 is 9.47 Å². The fraction of sp³-hybridized carbons (Fsp3) is 0.462. The Morgan fingerprint density at radius 1 is 1.27 bits per heavy atom.